The number of carbonyl (C=O) groups is 2. The van der Waals surface area contributed by atoms with Crippen LogP contribution in [0.3, 0.4) is 0 Å². The molecule has 5 N–H and O–H groups in total. The van der Waals surface area contributed by atoms with Crippen molar-refractivity contribution in [2.75, 3.05) is 12.4 Å². The van der Waals surface area contributed by atoms with Gasteiger partial charge in [-0.3, -0.25) is 0 Å². The van der Waals surface area contributed by atoms with Gasteiger partial charge in [0.25, 0.3) is 0 Å². The lowest BCUT2D eigenvalue weighted by Crippen LogP contribution is -2.28. The fraction of sp³-hybridized carbons (Fsp3) is 0.125. The first-order valence-electron chi connectivity index (χ1n) is 6.87. The smallest absolute Gasteiger partial charge is 0.337 e. The van der Waals surface area contributed by atoms with Crippen molar-refractivity contribution in [1.29, 1.82) is 0 Å². The molecule has 0 unspecified atom stereocenters. The van der Waals surface area contributed by atoms with E-state index in [1.807, 2.05) is 0 Å². The van der Waals surface area contributed by atoms with Crippen LogP contribution in [0.25, 0.3) is 0 Å². The number of ether oxygens (including phenoxy) is 1. The standard InChI is InChI=1S/C16H16N2O6/c1-24-15(22)10-4-2-9(3-5-10)8-17-16(23)18-11-6-12(19)14(21)13(20)7-11/h2-7,19-21H,8H2,1H3,(H2,17,18,23). The number of nitrogens with one attached hydrogen (secondary N) is 2. The lowest BCUT2D eigenvalue weighted by atomic mass is 10.1. The maximum atomic E-state index is 11.8. The number of amides is 2. The van der Waals surface area contributed by atoms with Crippen molar-refractivity contribution in [3.63, 3.8) is 0 Å². The minimum absolute atomic E-state index is 0.112. The number of urea groups is 1. The second-order valence-corrected chi connectivity index (χ2v) is 4.86. The fourth-order valence-corrected chi connectivity index (χ4v) is 1.91. The van der Waals surface area contributed by atoms with E-state index in [0.29, 0.717) is 5.56 Å². The van der Waals surface area contributed by atoms with E-state index in [1.165, 1.54) is 7.11 Å². The molecule has 0 fully saturated rings. The summed E-state index contributed by atoms with van der Waals surface area (Å²) in [6.45, 7) is 0.198. The van der Waals surface area contributed by atoms with Gasteiger partial charge in [0, 0.05) is 18.7 Å². The van der Waals surface area contributed by atoms with Gasteiger partial charge in [-0.15, -0.1) is 0 Å². The van der Waals surface area contributed by atoms with Gasteiger partial charge in [0.1, 0.15) is 0 Å². The third kappa shape index (κ3) is 4.07. The molecule has 2 amide bonds. The molecular weight excluding hydrogens is 316 g/mol. The Kier molecular flexibility index (Phi) is 5.10. The van der Waals surface area contributed by atoms with Gasteiger partial charge in [0.15, 0.2) is 17.2 Å². The second kappa shape index (κ2) is 7.23. The number of hydrogen-bond donors (Lipinski definition) is 5. The Morgan fingerprint density at radius 3 is 2.17 bits per heavy atom. The summed E-state index contributed by atoms with van der Waals surface area (Å²) in [7, 11) is 1.29. The normalized spacial score (nSPS) is 10.0. The molecule has 0 aliphatic heterocycles. The minimum Gasteiger partial charge on any atom is -0.504 e. The summed E-state index contributed by atoms with van der Waals surface area (Å²) < 4.78 is 4.59. The van der Waals surface area contributed by atoms with Gasteiger partial charge in [-0.2, -0.15) is 0 Å². The van der Waals surface area contributed by atoms with Crippen LogP contribution in [-0.2, 0) is 11.3 Å². The number of carbonyl (C=O) groups excluding carboxylic acids is 2. The SMILES string of the molecule is COC(=O)c1ccc(CNC(=O)Nc2cc(O)c(O)c(O)c2)cc1. The summed E-state index contributed by atoms with van der Waals surface area (Å²) >= 11 is 0. The Labute approximate surface area is 137 Å². The number of methoxy groups -OCH3 is 1. The molecule has 8 nitrogen and oxygen atoms in total. The van der Waals surface area contributed by atoms with Crippen LogP contribution in [0.1, 0.15) is 15.9 Å². The number of rotatable bonds is 4. The van der Waals surface area contributed by atoms with Crippen LogP contribution in [0.2, 0.25) is 0 Å². The zero-order chi connectivity index (χ0) is 17.7. The lowest BCUT2D eigenvalue weighted by Gasteiger charge is -2.10. The highest BCUT2D eigenvalue weighted by Gasteiger charge is 2.10. The molecule has 0 spiro atoms. The van der Waals surface area contributed by atoms with Crippen molar-refractivity contribution in [3.05, 3.63) is 47.5 Å². The number of anilines is 1. The second-order valence-electron chi connectivity index (χ2n) is 4.86. The summed E-state index contributed by atoms with van der Waals surface area (Å²) in [5.41, 5.74) is 1.27. The Morgan fingerprint density at radius 1 is 1.04 bits per heavy atom. The molecule has 2 aromatic rings. The maximum absolute atomic E-state index is 11.8. The van der Waals surface area contributed by atoms with Crippen LogP contribution in [0.4, 0.5) is 10.5 Å². The summed E-state index contributed by atoms with van der Waals surface area (Å²) in [6, 6.07) is 8.12. The fourth-order valence-electron chi connectivity index (χ4n) is 1.91. The Hall–Kier alpha value is -3.42. The van der Waals surface area contributed by atoms with Crippen LogP contribution in [0, 0.1) is 0 Å². The molecule has 8 heteroatoms. The number of phenolic OH excluding ortho intramolecular Hbond substituents is 3. The van der Waals surface area contributed by atoms with Gasteiger partial charge in [-0.1, -0.05) is 12.1 Å². The minimum atomic E-state index is -0.661. The number of phenols is 3. The molecule has 0 aliphatic carbocycles. The van der Waals surface area contributed by atoms with Gasteiger partial charge >= 0.3 is 12.0 Å². The van der Waals surface area contributed by atoms with E-state index in [9.17, 15) is 24.9 Å². The number of hydrogen-bond acceptors (Lipinski definition) is 6. The summed E-state index contributed by atoms with van der Waals surface area (Å²) in [5, 5.41) is 33.0. The van der Waals surface area contributed by atoms with Gasteiger partial charge in [-0.25, -0.2) is 9.59 Å². The number of aromatic hydroxyl groups is 3. The number of benzene rings is 2. The molecule has 0 heterocycles. The molecule has 0 radical (unpaired) electrons. The van der Waals surface area contributed by atoms with E-state index in [1.54, 1.807) is 24.3 Å². The van der Waals surface area contributed by atoms with Crippen LogP contribution in [0.15, 0.2) is 36.4 Å². The predicted molar refractivity (Wildman–Crippen MR) is 85.1 cm³/mol. The quantitative estimate of drug-likeness (QED) is 0.330. The van der Waals surface area contributed by atoms with E-state index in [-0.39, 0.29) is 12.2 Å². The van der Waals surface area contributed by atoms with Crippen molar-refractivity contribution >= 4 is 17.7 Å². The molecule has 2 rings (SSSR count). The molecule has 24 heavy (non-hydrogen) atoms. The topological polar surface area (TPSA) is 128 Å². The van der Waals surface area contributed by atoms with Crippen molar-refractivity contribution < 1.29 is 29.6 Å². The third-order valence-electron chi connectivity index (χ3n) is 3.16. The van der Waals surface area contributed by atoms with Gasteiger partial charge in [-0.05, 0) is 17.7 Å². The monoisotopic (exact) mass is 332 g/mol. The first-order valence-corrected chi connectivity index (χ1v) is 6.87. The molecule has 0 bridgehead atoms. The van der Waals surface area contributed by atoms with Crippen molar-refractivity contribution in [3.8, 4) is 17.2 Å². The first kappa shape index (κ1) is 16.9. The van der Waals surface area contributed by atoms with E-state index in [2.05, 4.69) is 15.4 Å². The number of esters is 1. The van der Waals surface area contributed by atoms with E-state index < -0.39 is 29.2 Å². The Bertz CT molecular complexity index is 735. The Balaban J connectivity index is 1.92. The average Bonchev–Trinajstić information content (AvgIpc) is 2.57. The molecule has 0 aromatic heterocycles. The van der Waals surface area contributed by atoms with Gasteiger partial charge in [0.05, 0.1) is 18.4 Å². The highest BCUT2D eigenvalue weighted by molar-refractivity contribution is 5.90. The highest BCUT2D eigenvalue weighted by atomic mass is 16.5. The van der Waals surface area contributed by atoms with Gasteiger partial charge in [0.2, 0.25) is 0 Å². The van der Waals surface area contributed by atoms with Crippen LogP contribution >= 0.6 is 0 Å². The molecule has 126 valence electrons. The van der Waals surface area contributed by atoms with Crippen LogP contribution in [0.5, 0.6) is 17.2 Å². The van der Waals surface area contributed by atoms with Crippen molar-refractivity contribution in [1.82, 2.24) is 5.32 Å². The van der Waals surface area contributed by atoms with Crippen molar-refractivity contribution in [2.45, 2.75) is 6.54 Å². The molecule has 2 aromatic carbocycles. The molecule has 0 saturated carbocycles. The zero-order valence-electron chi connectivity index (χ0n) is 12.7. The summed E-state index contributed by atoms with van der Waals surface area (Å²) in [5.74, 6) is -2.21. The third-order valence-corrected chi connectivity index (χ3v) is 3.16. The summed E-state index contributed by atoms with van der Waals surface area (Å²) in [6.07, 6.45) is 0. The molecule has 0 saturated heterocycles. The van der Waals surface area contributed by atoms with Crippen molar-refractivity contribution in [2.24, 2.45) is 0 Å². The van der Waals surface area contributed by atoms with Crippen LogP contribution < -0.4 is 10.6 Å². The maximum Gasteiger partial charge on any atom is 0.337 e. The molecule has 0 aliphatic rings. The molecular formula is C16H16N2O6. The van der Waals surface area contributed by atoms with E-state index in [4.69, 9.17) is 0 Å². The van der Waals surface area contributed by atoms with Gasteiger partial charge < -0.3 is 30.7 Å². The predicted octanol–water partition coefficient (Wildman–Crippen LogP) is 1.91. The first-order chi connectivity index (χ1) is 11.4. The zero-order valence-corrected chi connectivity index (χ0v) is 12.7. The summed E-state index contributed by atoms with van der Waals surface area (Å²) in [4.78, 5) is 23.1. The largest absolute Gasteiger partial charge is 0.504 e. The highest BCUT2D eigenvalue weighted by Crippen LogP contribution is 2.37. The van der Waals surface area contributed by atoms with Crippen LogP contribution in [-0.4, -0.2) is 34.4 Å². The lowest BCUT2D eigenvalue weighted by molar-refractivity contribution is 0.0600. The average molecular weight is 332 g/mol. The molecule has 0 atom stereocenters. The van der Waals surface area contributed by atoms with E-state index >= 15 is 0 Å². The Morgan fingerprint density at radius 2 is 1.62 bits per heavy atom. The van der Waals surface area contributed by atoms with E-state index in [0.717, 1.165) is 17.7 Å².